The zero-order valence-corrected chi connectivity index (χ0v) is 19.6. The lowest BCUT2D eigenvalue weighted by Gasteiger charge is -2.30. The van der Waals surface area contributed by atoms with E-state index in [1.165, 1.54) is 17.7 Å². The lowest BCUT2D eigenvalue weighted by molar-refractivity contribution is -0.00932. The number of hydrogen-bond donors (Lipinski definition) is 0. The van der Waals surface area contributed by atoms with E-state index in [1.54, 1.807) is 19.1 Å². The van der Waals surface area contributed by atoms with Crippen LogP contribution in [0.25, 0.3) is 22.3 Å². The van der Waals surface area contributed by atoms with Gasteiger partial charge >= 0.3 is 0 Å². The molecule has 0 spiro atoms. The highest BCUT2D eigenvalue weighted by Gasteiger charge is 2.30. The van der Waals surface area contributed by atoms with Gasteiger partial charge in [-0.05, 0) is 85.8 Å². The van der Waals surface area contributed by atoms with Gasteiger partial charge < -0.3 is 4.74 Å². The molecule has 1 nitrogen and oxygen atoms in total. The van der Waals surface area contributed by atoms with Gasteiger partial charge in [0, 0.05) is 12.0 Å². The third kappa shape index (κ3) is 5.63. The molecule has 1 saturated carbocycles. The third-order valence-electron chi connectivity index (χ3n) is 6.75. The second-order valence-electron chi connectivity index (χ2n) is 9.36. The Morgan fingerprint density at radius 1 is 0.765 bits per heavy atom. The van der Waals surface area contributed by atoms with E-state index >= 15 is 0 Å². The van der Waals surface area contributed by atoms with E-state index in [0.29, 0.717) is 11.5 Å². The summed E-state index contributed by atoms with van der Waals surface area (Å²) in [4.78, 5) is 0. The molecule has 180 valence electrons. The summed E-state index contributed by atoms with van der Waals surface area (Å²) in [7, 11) is 0. The van der Waals surface area contributed by atoms with Crippen LogP contribution in [0, 0.1) is 17.6 Å². The molecular weight excluding hydrogens is 440 g/mol. The van der Waals surface area contributed by atoms with Gasteiger partial charge in [0.2, 0.25) is 11.7 Å². The Morgan fingerprint density at radius 2 is 1.32 bits per heavy atom. The quantitative estimate of drug-likeness (QED) is 0.313. The SMILES string of the molecule is CCOc1ccc(-c2ccc(-c3ccc(C4CCC(CC(C)(F)F)CC4)cc3)cc2)c(F)c1F. The van der Waals surface area contributed by atoms with Crippen molar-refractivity contribution < 1.29 is 22.3 Å². The van der Waals surface area contributed by atoms with Gasteiger partial charge in [0.1, 0.15) is 0 Å². The molecule has 3 aromatic rings. The highest BCUT2D eigenvalue weighted by molar-refractivity contribution is 5.71. The predicted octanol–water partition coefficient (Wildman–Crippen LogP) is 9.02. The van der Waals surface area contributed by atoms with Crippen LogP contribution in [0.5, 0.6) is 5.75 Å². The molecule has 0 N–H and O–H groups in total. The van der Waals surface area contributed by atoms with E-state index in [4.69, 9.17) is 4.74 Å². The van der Waals surface area contributed by atoms with Crippen LogP contribution in [0.1, 0.15) is 57.4 Å². The molecule has 3 aromatic carbocycles. The molecule has 1 aliphatic carbocycles. The van der Waals surface area contributed by atoms with Gasteiger partial charge in [-0.25, -0.2) is 13.2 Å². The van der Waals surface area contributed by atoms with E-state index in [1.807, 2.05) is 12.1 Å². The van der Waals surface area contributed by atoms with Gasteiger partial charge in [0.25, 0.3) is 0 Å². The fourth-order valence-electron chi connectivity index (χ4n) is 5.02. The number of hydrogen-bond acceptors (Lipinski definition) is 1. The van der Waals surface area contributed by atoms with E-state index in [9.17, 15) is 17.6 Å². The first-order valence-corrected chi connectivity index (χ1v) is 11.9. The number of ether oxygens (including phenoxy) is 1. The van der Waals surface area contributed by atoms with Crippen molar-refractivity contribution in [3.05, 3.63) is 77.9 Å². The van der Waals surface area contributed by atoms with E-state index in [-0.39, 0.29) is 30.3 Å². The molecule has 0 radical (unpaired) electrons. The van der Waals surface area contributed by atoms with E-state index in [0.717, 1.165) is 43.7 Å². The monoisotopic (exact) mass is 470 g/mol. The smallest absolute Gasteiger partial charge is 0.245 e. The van der Waals surface area contributed by atoms with Crippen LogP contribution in [0.2, 0.25) is 0 Å². The van der Waals surface area contributed by atoms with Crippen molar-refractivity contribution in [3.8, 4) is 28.0 Å². The van der Waals surface area contributed by atoms with E-state index < -0.39 is 17.6 Å². The van der Waals surface area contributed by atoms with Crippen molar-refractivity contribution in [3.63, 3.8) is 0 Å². The molecule has 34 heavy (non-hydrogen) atoms. The highest BCUT2D eigenvalue weighted by Crippen LogP contribution is 2.40. The van der Waals surface area contributed by atoms with Gasteiger partial charge in [-0.2, -0.15) is 4.39 Å². The van der Waals surface area contributed by atoms with Gasteiger partial charge in [0.15, 0.2) is 11.6 Å². The van der Waals surface area contributed by atoms with Crippen LogP contribution in [0.4, 0.5) is 17.6 Å². The Morgan fingerprint density at radius 3 is 1.88 bits per heavy atom. The van der Waals surface area contributed by atoms with Crippen LogP contribution < -0.4 is 4.74 Å². The fraction of sp³-hybridized carbons (Fsp3) is 0.379. The average molecular weight is 471 g/mol. The molecule has 4 rings (SSSR count). The predicted molar refractivity (Wildman–Crippen MR) is 128 cm³/mol. The average Bonchev–Trinajstić information content (AvgIpc) is 2.82. The number of rotatable bonds is 7. The van der Waals surface area contributed by atoms with Gasteiger partial charge in [-0.3, -0.25) is 0 Å². The molecule has 0 bridgehead atoms. The summed E-state index contributed by atoms with van der Waals surface area (Å²) >= 11 is 0. The van der Waals surface area contributed by atoms with Crippen molar-refractivity contribution in [1.29, 1.82) is 0 Å². The number of benzene rings is 3. The first kappa shape index (κ1) is 24.3. The summed E-state index contributed by atoms with van der Waals surface area (Å²) in [6.45, 7) is 3.00. The maximum Gasteiger partial charge on any atom is 0.245 e. The zero-order valence-electron chi connectivity index (χ0n) is 19.6. The molecular formula is C29H30F4O. The van der Waals surface area contributed by atoms with Crippen molar-refractivity contribution in [1.82, 2.24) is 0 Å². The largest absolute Gasteiger partial charge is 0.491 e. The van der Waals surface area contributed by atoms with Gasteiger partial charge in [-0.15, -0.1) is 0 Å². The van der Waals surface area contributed by atoms with Crippen LogP contribution in [0.3, 0.4) is 0 Å². The first-order chi connectivity index (χ1) is 16.2. The molecule has 0 saturated heterocycles. The lowest BCUT2D eigenvalue weighted by Crippen LogP contribution is -2.21. The molecule has 1 aliphatic rings. The normalized spacial score (nSPS) is 18.6. The van der Waals surface area contributed by atoms with Gasteiger partial charge in [0.05, 0.1) is 6.61 Å². The highest BCUT2D eigenvalue weighted by atomic mass is 19.3. The van der Waals surface area contributed by atoms with Crippen molar-refractivity contribution in [2.45, 2.75) is 57.8 Å². The third-order valence-corrected chi connectivity index (χ3v) is 6.75. The zero-order chi connectivity index (χ0) is 24.3. The van der Waals surface area contributed by atoms with Crippen LogP contribution in [-0.2, 0) is 0 Å². The second-order valence-corrected chi connectivity index (χ2v) is 9.36. The summed E-state index contributed by atoms with van der Waals surface area (Å²) in [6.07, 6.45) is 3.57. The van der Waals surface area contributed by atoms with Crippen molar-refractivity contribution >= 4 is 0 Å². The molecule has 0 atom stereocenters. The Hall–Kier alpha value is -2.82. The number of halogens is 4. The molecule has 0 amide bonds. The Kier molecular flexibility index (Phi) is 7.30. The minimum Gasteiger partial charge on any atom is -0.491 e. The molecule has 0 aliphatic heterocycles. The number of alkyl halides is 2. The topological polar surface area (TPSA) is 9.23 Å². The van der Waals surface area contributed by atoms with Crippen LogP contribution in [-0.4, -0.2) is 12.5 Å². The van der Waals surface area contributed by atoms with Crippen LogP contribution >= 0.6 is 0 Å². The lowest BCUT2D eigenvalue weighted by atomic mass is 9.76. The minimum atomic E-state index is -2.58. The minimum absolute atomic E-state index is 0.0120. The summed E-state index contributed by atoms with van der Waals surface area (Å²) in [6, 6.07) is 18.7. The summed E-state index contributed by atoms with van der Waals surface area (Å²) < 4.78 is 60.5. The Labute approximate surface area is 198 Å². The summed E-state index contributed by atoms with van der Waals surface area (Å²) in [5.74, 6) is -4.03. The molecule has 0 heterocycles. The second kappa shape index (κ2) is 10.2. The Bertz CT molecular complexity index is 1090. The van der Waals surface area contributed by atoms with Crippen molar-refractivity contribution in [2.24, 2.45) is 5.92 Å². The molecule has 5 heteroatoms. The fourth-order valence-corrected chi connectivity index (χ4v) is 5.02. The molecule has 0 unspecified atom stereocenters. The molecule has 0 aromatic heterocycles. The maximum atomic E-state index is 14.5. The van der Waals surface area contributed by atoms with Gasteiger partial charge in [-0.1, -0.05) is 48.5 Å². The van der Waals surface area contributed by atoms with Crippen LogP contribution in [0.15, 0.2) is 60.7 Å². The first-order valence-electron chi connectivity index (χ1n) is 11.9. The Balaban J connectivity index is 1.43. The summed E-state index contributed by atoms with van der Waals surface area (Å²) in [5.41, 5.74) is 4.05. The van der Waals surface area contributed by atoms with Crippen molar-refractivity contribution in [2.75, 3.05) is 6.61 Å². The summed E-state index contributed by atoms with van der Waals surface area (Å²) in [5, 5.41) is 0. The maximum absolute atomic E-state index is 14.5. The standard InChI is InChI=1S/C29H30F4O/c1-3-34-26-17-16-25(27(30)28(26)31)24-14-12-23(13-15-24)22-10-8-21(9-11-22)20-6-4-19(5-7-20)18-29(2,32)33/h8-17,19-20H,3-7,18H2,1-2H3. The van der Waals surface area contributed by atoms with E-state index in [2.05, 4.69) is 24.3 Å². The molecule has 1 fully saturated rings.